The van der Waals surface area contributed by atoms with Gasteiger partial charge in [-0.05, 0) is 30.2 Å². The molecule has 2 aliphatic heterocycles. The Morgan fingerprint density at radius 3 is 2.76 bits per heavy atom. The van der Waals surface area contributed by atoms with Crippen LogP contribution in [-0.2, 0) is 24.4 Å². The Morgan fingerprint density at radius 1 is 1.16 bits per heavy atom. The summed E-state index contributed by atoms with van der Waals surface area (Å²) in [5, 5.41) is 12.8. The molecule has 1 fully saturated rings. The van der Waals surface area contributed by atoms with E-state index in [9.17, 15) is 10.1 Å². The average Bonchev–Trinajstić information content (AvgIpc) is 3.41. The molecule has 1 aromatic carbocycles. The number of piperazine rings is 1. The topological polar surface area (TPSA) is 116 Å². The van der Waals surface area contributed by atoms with Crippen LogP contribution in [0.25, 0.3) is 0 Å². The molecule has 1 saturated heterocycles. The van der Waals surface area contributed by atoms with Crippen molar-refractivity contribution in [2.45, 2.75) is 45.2 Å². The monoisotopic (exact) mass is 499 g/mol. The zero-order valence-electron chi connectivity index (χ0n) is 20.7. The fraction of sp³-hybridized carbons (Fsp3) is 0.370. The fourth-order valence-electron chi connectivity index (χ4n) is 4.67. The van der Waals surface area contributed by atoms with Gasteiger partial charge in [-0.25, -0.2) is 4.79 Å². The van der Waals surface area contributed by atoms with E-state index in [1.807, 2.05) is 49.4 Å². The molecule has 5 rings (SSSR count). The maximum atomic E-state index is 12.9. The molecule has 190 valence electrons. The SMILES string of the molecule is C[C@@H](Oc1nc2c(c(N3CCN(C(=O)OCc4ccccc4)[C@@H](CC#N)C3)n1)CNC2)c1ccncc1. The summed E-state index contributed by atoms with van der Waals surface area (Å²) in [5.74, 6) is 0.784. The third-order valence-electron chi connectivity index (χ3n) is 6.65. The average molecular weight is 500 g/mol. The van der Waals surface area contributed by atoms with Crippen LogP contribution in [0.15, 0.2) is 54.9 Å². The van der Waals surface area contributed by atoms with E-state index in [2.05, 4.69) is 26.3 Å². The molecule has 10 heteroatoms. The maximum Gasteiger partial charge on any atom is 0.410 e. The Balaban J connectivity index is 1.32. The van der Waals surface area contributed by atoms with Crippen LogP contribution in [0.1, 0.15) is 41.8 Å². The highest BCUT2D eigenvalue weighted by molar-refractivity contribution is 5.69. The van der Waals surface area contributed by atoms with E-state index in [1.54, 1.807) is 17.3 Å². The Labute approximate surface area is 215 Å². The van der Waals surface area contributed by atoms with E-state index in [0.717, 1.165) is 28.2 Å². The number of carbonyl (C=O) groups is 1. The predicted molar refractivity (Wildman–Crippen MR) is 135 cm³/mol. The largest absolute Gasteiger partial charge is 0.456 e. The van der Waals surface area contributed by atoms with Crippen molar-refractivity contribution in [3.63, 3.8) is 0 Å². The van der Waals surface area contributed by atoms with Gasteiger partial charge in [0.2, 0.25) is 0 Å². The summed E-state index contributed by atoms with van der Waals surface area (Å²) in [7, 11) is 0. The van der Waals surface area contributed by atoms with Gasteiger partial charge < -0.3 is 24.6 Å². The zero-order valence-corrected chi connectivity index (χ0v) is 20.7. The molecule has 0 saturated carbocycles. The van der Waals surface area contributed by atoms with E-state index in [0.29, 0.717) is 38.7 Å². The molecule has 2 atom stereocenters. The number of pyridine rings is 1. The number of nitriles is 1. The van der Waals surface area contributed by atoms with Crippen molar-refractivity contribution in [1.29, 1.82) is 5.26 Å². The van der Waals surface area contributed by atoms with Crippen molar-refractivity contribution in [2.24, 2.45) is 0 Å². The fourth-order valence-corrected chi connectivity index (χ4v) is 4.67. The van der Waals surface area contributed by atoms with Crippen molar-refractivity contribution in [3.8, 4) is 12.1 Å². The van der Waals surface area contributed by atoms with Crippen molar-refractivity contribution in [1.82, 2.24) is 25.2 Å². The van der Waals surface area contributed by atoms with Crippen molar-refractivity contribution in [2.75, 3.05) is 24.5 Å². The highest BCUT2D eigenvalue weighted by atomic mass is 16.6. The molecular formula is C27H29N7O3. The summed E-state index contributed by atoms with van der Waals surface area (Å²) in [6.45, 7) is 4.90. The van der Waals surface area contributed by atoms with Crippen LogP contribution in [0.2, 0.25) is 0 Å². The Hall–Kier alpha value is -4.23. The number of nitrogens with zero attached hydrogens (tertiary/aromatic N) is 6. The van der Waals surface area contributed by atoms with Gasteiger partial charge in [0.15, 0.2) is 0 Å². The molecule has 37 heavy (non-hydrogen) atoms. The normalized spacial score (nSPS) is 17.6. The van der Waals surface area contributed by atoms with Crippen molar-refractivity contribution >= 4 is 11.9 Å². The van der Waals surface area contributed by atoms with Crippen LogP contribution in [0.3, 0.4) is 0 Å². The second-order valence-electron chi connectivity index (χ2n) is 9.09. The van der Waals surface area contributed by atoms with Crippen LogP contribution in [-0.4, -0.2) is 51.6 Å². The number of hydrogen-bond acceptors (Lipinski definition) is 9. The number of ether oxygens (including phenoxy) is 2. The molecule has 1 amide bonds. The molecule has 0 unspecified atom stereocenters. The first-order valence-electron chi connectivity index (χ1n) is 12.4. The molecule has 0 bridgehead atoms. The summed E-state index contributed by atoms with van der Waals surface area (Å²) >= 11 is 0. The van der Waals surface area contributed by atoms with E-state index in [1.165, 1.54) is 0 Å². The second-order valence-corrected chi connectivity index (χ2v) is 9.09. The Morgan fingerprint density at radius 2 is 1.97 bits per heavy atom. The summed E-state index contributed by atoms with van der Waals surface area (Å²) in [6, 6.07) is 15.6. The van der Waals surface area contributed by atoms with Gasteiger partial charge in [0.1, 0.15) is 18.5 Å². The van der Waals surface area contributed by atoms with Crippen LogP contribution in [0, 0.1) is 11.3 Å². The van der Waals surface area contributed by atoms with Crippen LogP contribution >= 0.6 is 0 Å². The third kappa shape index (κ3) is 5.62. The summed E-state index contributed by atoms with van der Waals surface area (Å²) < 4.78 is 11.7. The maximum absolute atomic E-state index is 12.9. The molecule has 1 N–H and O–H groups in total. The number of aromatic nitrogens is 3. The second kappa shape index (κ2) is 11.2. The Bertz CT molecular complexity index is 1270. The lowest BCUT2D eigenvalue weighted by Gasteiger charge is -2.40. The van der Waals surface area contributed by atoms with Gasteiger partial charge >= 0.3 is 12.1 Å². The number of fused-ring (bicyclic) bond motifs is 1. The standard InChI is InChI=1S/C27H29N7O3/c1-19(21-8-11-29-12-9-21)37-26-31-24-16-30-15-23(24)25(32-26)33-13-14-34(22(17-33)7-10-28)27(35)36-18-20-5-3-2-4-6-20/h2-6,8-9,11-12,19,22,30H,7,13-18H2,1H3/t19-,22+/m1/s1. The molecule has 0 aliphatic carbocycles. The quantitative estimate of drug-likeness (QED) is 0.522. The highest BCUT2D eigenvalue weighted by Gasteiger charge is 2.34. The smallest absolute Gasteiger partial charge is 0.410 e. The first kappa shape index (κ1) is 24.5. The minimum Gasteiger partial charge on any atom is -0.456 e. The zero-order chi connectivity index (χ0) is 25.6. The molecule has 2 aliphatic rings. The first-order valence-corrected chi connectivity index (χ1v) is 12.4. The number of rotatable bonds is 7. The van der Waals surface area contributed by atoms with Gasteiger partial charge in [0.25, 0.3) is 0 Å². The number of nitrogens with one attached hydrogen (secondary N) is 1. The molecule has 3 aromatic rings. The van der Waals surface area contributed by atoms with Crippen molar-refractivity contribution in [3.05, 3.63) is 77.2 Å². The lowest BCUT2D eigenvalue weighted by Crippen LogP contribution is -2.55. The lowest BCUT2D eigenvalue weighted by molar-refractivity contribution is 0.0767. The van der Waals surface area contributed by atoms with E-state index in [-0.39, 0.29) is 25.2 Å². The van der Waals surface area contributed by atoms with Gasteiger partial charge in [-0.3, -0.25) is 4.98 Å². The molecule has 10 nitrogen and oxygen atoms in total. The van der Waals surface area contributed by atoms with Gasteiger partial charge in [-0.1, -0.05) is 30.3 Å². The molecule has 0 radical (unpaired) electrons. The summed E-state index contributed by atoms with van der Waals surface area (Å²) in [5.41, 5.74) is 3.84. The van der Waals surface area contributed by atoms with Gasteiger partial charge in [0.05, 0.1) is 24.2 Å². The summed E-state index contributed by atoms with van der Waals surface area (Å²) in [4.78, 5) is 30.2. The molecule has 0 spiro atoms. The first-order chi connectivity index (χ1) is 18.1. The van der Waals surface area contributed by atoms with Crippen LogP contribution in [0.4, 0.5) is 10.6 Å². The highest BCUT2D eigenvalue weighted by Crippen LogP contribution is 2.30. The van der Waals surface area contributed by atoms with E-state index in [4.69, 9.17) is 14.5 Å². The van der Waals surface area contributed by atoms with Crippen LogP contribution < -0.4 is 15.0 Å². The molecule has 4 heterocycles. The number of amides is 1. The van der Waals surface area contributed by atoms with Gasteiger partial charge in [-0.15, -0.1) is 0 Å². The number of anilines is 1. The van der Waals surface area contributed by atoms with E-state index >= 15 is 0 Å². The number of benzene rings is 1. The van der Waals surface area contributed by atoms with Gasteiger partial charge in [0, 0.05) is 50.7 Å². The summed E-state index contributed by atoms with van der Waals surface area (Å²) in [6.07, 6.45) is 3.01. The van der Waals surface area contributed by atoms with Crippen molar-refractivity contribution < 1.29 is 14.3 Å². The minimum atomic E-state index is -0.409. The van der Waals surface area contributed by atoms with Crippen LogP contribution in [0.5, 0.6) is 6.01 Å². The molecular weight excluding hydrogens is 470 g/mol. The Kier molecular flexibility index (Phi) is 7.42. The number of hydrogen-bond donors (Lipinski definition) is 1. The minimum absolute atomic E-state index is 0.195. The third-order valence-corrected chi connectivity index (χ3v) is 6.65. The predicted octanol–water partition coefficient (Wildman–Crippen LogP) is 3.36. The van der Waals surface area contributed by atoms with E-state index < -0.39 is 6.09 Å². The number of carbonyl (C=O) groups excluding carboxylic acids is 1. The van der Waals surface area contributed by atoms with Gasteiger partial charge in [-0.2, -0.15) is 15.2 Å². The lowest BCUT2D eigenvalue weighted by atomic mass is 10.1. The molecule has 2 aromatic heterocycles.